The Hall–Kier alpha value is -2.42. The molecule has 1 fully saturated rings. The van der Waals surface area contributed by atoms with Crippen LogP contribution < -0.4 is 10.2 Å². The van der Waals surface area contributed by atoms with Crippen molar-refractivity contribution in [2.24, 2.45) is 4.99 Å². The fourth-order valence-electron chi connectivity index (χ4n) is 3.61. The molecule has 0 bridgehead atoms. The molecule has 1 saturated heterocycles. The Morgan fingerprint density at radius 3 is 2.55 bits per heavy atom. The molecular formula is C20H25F3N4O2. The number of aliphatic imine (C=N–C) groups is 1. The number of carbonyl (C=O) groups excluding carboxylic acids is 2. The highest BCUT2D eigenvalue weighted by Crippen LogP contribution is 2.31. The van der Waals surface area contributed by atoms with Gasteiger partial charge in [-0.05, 0) is 50.9 Å². The predicted octanol–water partition coefficient (Wildman–Crippen LogP) is 2.48. The zero-order valence-corrected chi connectivity index (χ0v) is 16.3. The van der Waals surface area contributed by atoms with E-state index in [-0.39, 0.29) is 5.91 Å². The number of imide groups is 1. The Kier molecular flexibility index (Phi) is 6.56. The summed E-state index contributed by atoms with van der Waals surface area (Å²) in [6.07, 6.45) is -2.02. The van der Waals surface area contributed by atoms with Gasteiger partial charge in [0.05, 0.1) is 11.3 Å². The van der Waals surface area contributed by atoms with Gasteiger partial charge in [0.25, 0.3) is 11.8 Å². The molecule has 0 saturated carbocycles. The van der Waals surface area contributed by atoms with E-state index < -0.39 is 23.7 Å². The molecule has 6 nitrogen and oxygen atoms in total. The third-order valence-electron chi connectivity index (χ3n) is 5.33. The van der Waals surface area contributed by atoms with Crippen molar-refractivity contribution >= 4 is 23.2 Å². The van der Waals surface area contributed by atoms with Gasteiger partial charge in [0, 0.05) is 31.9 Å². The molecule has 2 aliphatic heterocycles. The van der Waals surface area contributed by atoms with Gasteiger partial charge in [-0.3, -0.25) is 24.8 Å². The molecule has 29 heavy (non-hydrogen) atoms. The number of benzene rings is 1. The zero-order valence-electron chi connectivity index (χ0n) is 16.3. The van der Waals surface area contributed by atoms with E-state index >= 15 is 0 Å². The van der Waals surface area contributed by atoms with Gasteiger partial charge >= 0.3 is 6.18 Å². The van der Waals surface area contributed by atoms with E-state index in [1.165, 1.54) is 12.1 Å². The van der Waals surface area contributed by atoms with Crippen molar-refractivity contribution < 1.29 is 22.8 Å². The number of hydrogen-bond acceptors (Lipinski definition) is 5. The monoisotopic (exact) mass is 410 g/mol. The second-order valence-electron chi connectivity index (χ2n) is 7.42. The molecule has 1 N–H and O–H groups in total. The van der Waals surface area contributed by atoms with Gasteiger partial charge in [-0.2, -0.15) is 13.2 Å². The van der Waals surface area contributed by atoms with Gasteiger partial charge in [-0.25, -0.2) is 0 Å². The van der Waals surface area contributed by atoms with Crippen LogP contribution in [0.4, 0.5) is 18.9 Å². The maximum absolute atomic E-state index is 12.9. The molecule has 1 atom stereocenters. The molecule has 0 radical (unpaired) electrons. The smallest absolute Gasteiger partial charge is 0.369 e. The number of anilines is 1. The van der Waals surface area contributed by atoms with Crippen molar-refractivity contribution in [1.29, 1.82) is 0 Å². The molecule has 1 unspecified atom stereocenters. The molecule has 3 rings (SSSR count). The third-order valence-corrected chi connectivity index (χ3v) is 5.33. The minimum absolute atomic E-state index is 0.334. The molecule has 9 heteroatoms. The maximum atomic E-state index is 12.9. The summed E-state index contributed by atoms with van der Waals surface area (Å²) in [4.78, 5) is 31.5. The number of rotatable bonds is 6. The normalized spacial score (nSPS) is 21.2. The van der Waals surface area contributed by atoms with Crippen LogP contribution in [0.25, 0.3) is 0 Å². The highest BCUT2D eigenvalue weighted by atomic mass is 19.4. The van der Waals surface area contributed by atoms with E-state index in [2.05, 4.69) is 15.2 Å². The molecule has 0 spiro atoms. The quantitative estimate of drug-likeness (QED) is 0.578. The first-order valence-electron chi connectivity index (χ1n) is 9.78. The van der Waals surface area contributed by atoms with Gasteiger partial charge in [-0.1, -0.05) is 6.07 Å². The highest BCUT2D eigenvalue weighted by Gasteiger charge is 2.31. The Labute approximate surface area is 167 Å². The molecule has 2 aliphatic rings. The van der Waals surface area contributed by atoms with Crippen LogP contribution in [0.2, 0.25) is 0 Å². The number of alkyl halides is 3. The number of piperazine rings is 1. The lowest BCUT2D eigenvalue weighted by molar-refractivity contribution is -0.137. The number of amides is 2. The van der Waals surface area contributed by atoms with E-state index in [1.54, 1.807) is 13.0 Å². The first kappa shape index (κ1) is 21.3. The number of carbonyl (C=O) groups is 2. The second-order valence-corrected chi connectivity index (χ2v) is 7.42. The minimum Gasteiger partial charge on any atom is -0.369 e. The van der Waals surface area contributed by atoms with Crippen molar-refractivity contribution in [3.8, 4) is 0 Å². The lowest BCUT2D eigenvalue weighted by atomic mass is 10.1. The number of unbranched alkanes of at least 4 members (excludes halogenated alkanes) is 1. The van der Waals surface area contributed by atoms with Crippen molar-refractivity contribution in [2.75, 3.05) is 37.6 Å². The lowest BCUT2D eigenvalue weighted by Gasteiger charge is -2.36. The van der Waals surface area contributed by atoms with Crippen LogP contribution in [0.3, 0.4) is 0 Å². The first-order valence-corrected chi connectivity index (χ1v) is 9.78. The average Bonchev–Trinajstić information content (AvgIpc) is 2.69. The van der Waals surface area contributed by atoms with Gasteiger partial charge < -0.3 is 4.90 Å². The lowest BCUT2D eigenvalue weighted by Crippen LogP contribution is -2.47. The Bertz CT molecular complexity index is 786. The Morgan fingerprint density at radius 2 is 1.86 bits per heavy atom. The van der Waals surface area contributed by atoms with Crippen molar-refractivity contribution in [1.82, 2.24) is 10.2 Å². The summed E-state index contributed by atoms with van der Waals surface area (Å²) >= 11 is 0. The SMILES string of the molecule is CC1=NC(CCCCN2CCN(c3cccc(C(F)(F)F)c3)CC2)C(=O)NC1=O. The van der Waals surface area contributed by atoms with Crippen LogP contribution in [0.5, 0.6) is 0 Å². The number of hydrogen-bond donors (Lipinski definition) is 1. The summed E-state index contributed by atoms with van der Waals surface area (Å²) in [7, 11) is 0. The third kappa shape index (κ3) is 5.56. The molecule has 0 aliphatic carbocycles. The van der Waals surface area contributed by atoms with Crippen LogP contribution in [-0.4, -0.2) is 61.2 Å². The van der Waals surface area contributed by atoms with Crippen LogP contribution in [-0.2, 0) is 15.8 Å². The van der Waals surface area contributed by atoms with E-state index in [0.29, 0.717) is 30.9 Å². The summed E-state index contributed by atoms with van der Waals surface area (Å²) in [5.74, 6) is -0.764. The van der Waals surface area contributed by atoms with Gasteiger partial charge in [0.1, 0.15) is 6.04 Å². The van der Waals surface area contributed by atoms with Crippen molar-refractivity contribution in [3.05, 3.63) is 29.8 Å². The second kappa shape index (κ2) is 8.94. The summed E-state index contributed by atoms with van der Waals surface area (Å²) in [6.45, 7) is 5.39. The van der Waals surface area contributed by atoms with Crippen LogP contribution in [0, 0.1) is 0 Å². The van der Waals surface area contributed by atoms with Gasteiger partial charge in [-0.15, -0.1) is 0 Å². The van der Waals surface area contributed by atoms with Crippen molar-refractivity contribution in [3.63, 3.8) is 0 Å². The topological polar surface area (TPSA) is 65.0 Å². The molecule has 0 aromatic heterocycles. The number of nitrogens with one attached hydrogen (secondary N) is 1. The zero-order chi connectivity index (χ0) is 21.0. The number of nitrogens with zero attached hydrogens (tertiary/aromatic N) is 3. The summed E-state index contributed by atoms with van der Waals surface area (Å²) in [5, 5.41) is 2.31. The van der Waals surface area contributed by atoms with Crippen molar-refractivity contribution in [2.45, 2.75) is 38.4 Å². The standard InChI is InChI=1S/C20H25F3N4O2/c1-14-18(28)25-19(29)17(24-14)7-2-3-8-26-9-11-27(12-10-26)16-6-4-5-15(13-16)20(21,22)23/h4-6,13,17H,2-3,7-12H2,1H3,(H,25,28,29). The van der Waals surface area contributed by atoms with Crippen LogP contribution >= 0.6 is 0 Å². The van der Waals surface area contributed by atoms with E-state index in [1.807, 2.05) is 4.90 Å². The van der Waals surface area contributed by atoms with Gasteiger partial charge in [0.2, 0.25) is 0 Å². The maximum Gasteiger partial charge on any atom is 0.416 e. The average molecular weight is 410 g/mol. The molecule has 1 aromatic rings. The largest absolute Gasteiger partial charge is 0.416 e. The molecule has 1 aromatic carbocycles. The summed E-state index contributed by atoms with van der Waals surface area (Å²) in [5.41, 5.74) is 0.314. The van der Waals surface area contributed by atoms with Crippen LogP contribution in [0.15, 0.2) is 29.3 Å². The van der Waals surface area contributed by atoms with E-state index in [4.69, 9.17) is 0 Å². The highest BCUT2D eigenvalue weighted by molar-refractivity contribution is 6.42. The van der Waals surface area contributed by atoms with Crippen LogP contribution in [0.1, 0.15) is 31.7 Å². The van der Waals surface area contributed by atoms with E-state index in [0.717, 1.165) is 38.5 Å². The molecule has 2 amide bonds. The molecular weight excluding hydrogens is 385 g/mol. The first-order chi connectivity index (χ1) is 13.7. The summed E-state index contributed by atoms with van der Waals surface area (Å²) < 4.78 is 38.7. The number of halogens is 3. The fourth-order valence-corrected chi connectivity index (χ4v) is 3.61. The Balaban J connectivity index is 1.41. The minimum atomic E-state index is -4.33. The molecule has 2 heterocycles. The Morgan fingerprint density at radius 1 is 1.14 bits per heavy atom. The fraction of sp³-hybridized carbons (Fsp3) is 0.550. The predicted molar refractivity (Wildman–Crippen MR) is 104 cm³/mol. The van der Waals surface area contributed by atoms with E-state index in [9.17, 15) is 22.8 Å². The molecule has 158 valence electrons. The summed E-state index contributed by atoms with van der Waals surface area (Å²) in [6, 6.07) is 4.97. The van der Waals surface area contributed by atoms with Gasteiger partial charge in [0.15, 0.2) is 0 Å².